The molecule has 2 N–H and O–H groups in total. The first-order chi connectivity index (χ1) is 5.65. The molecule has 0 amide bonds. The molecular weight excluding hydrogens is 212 g/mol. The molecule has 6 heteroatoms. The van der Waals surface area contributed by atoms with E-state index in [2.05, 4.69) is 4.98 Å². The summed E-state index contributed by atoms with van der Waals surface area (Å²) in [7, 11) is 0. The Morgan fingerprint density at radius 3 is 2.69 bits per heavy atom. The van der Waals surface area contributed by atoms with Crippen LogP contribution in [0.5, 0.6) is 0 Å². The zero-order valence-corrected chi connectivity index (χ0v) is 9.00. The Labute approximate surface area is 86.5 Å². The van der Waals surface area contributed by atoms with Gasteiger partial charge in [-0.15, -0.1) is 23.7 Å². The third-order valence-electron chi connectivity index (χ3n) is 1.23. The fourth-order valence-electron chi connectivity index (χ4n) is 0.789. The number of carbonyl (C=O) groups is 1. The molecule has 0 atom stereocenters. The van der Waals surface area contributed by atoms with Crippen LogP contribution in [0.4, 0.5) is 5.00 Å². The Bertz CT molecular complexity index is 301. The Morgan fingerprint density at radius 2 is 2.31 bits per heavy atom. The Morgan fingerprint density at radius 1 is 1.69 bits per heavy atom. The average Bonchev–Trinajstić information content (AvgIpc) is 2.30. The van der Waals surface area contributed by atoms with Crippen molar-refractivity contribution < 1.29 is 9.53 Å². The lowest BCUT2D eigenvalue weighted by Crippen LogP contribution is -2.07. The van der Waals surface area contributed by atoms with Gasteiger partial charge in [0, 0.05) is 0 Å². The summed E-state index contributed by atoms with van der Waals surface area (Å²) in [5, 5.41) is 1.20. The van der Waals surface area contributed by atoms with Crippen LogP contribution in [0.2, 0.25) is 0 Å². The van der Waals surface area contributed by atoms with Gasteiger partial charge in [0.05, 0.1) is 11.6 Å². The monoisotopic (exact) mass is 222 g/mol. The molecule has 0 bridgehead atoms. The lowest BCUT2D eigenvalue weighted by molar-refractivity contribution is 0.0521. The van der Waals surface area contributed by atoms with Crippen LogP contribution in [0, 0.1) is 6.92 Å². The van der Waals surface area contributed by atoms with E-state index in [-0.39, 0.29) is 18.1 Å². The van der Waals surface area contributed by atoms with Crippen LogP contribution in [0.1, 0.15) is 22.4 Å². The number of nitrogens with two attached hydrogens (primary N) is 1. The highest BCUT2D eigenvalue weighted by Gasteiger charge is 2.14. The molecule has 1 aromatic heterocycles. The number of carbonyl (C=O) groups excluding carboxylic acids is 1. The SMILES string of the molecule is CCOC(=O)c1nc(C)sc1N.Cl. The molecule has 0 aliphatic heterocycles. The quantitative estimate of drug-likeness (QED) is 0.773. The fourth-order valence-corrected chi connectivity index (χ4v) is 1.47. The lowest BCUT2D eigenvalue weighted by Gasteiger charge is -1.97. The number of halogens is 1. The van der Waals surface area contributed by atoms with E-state index in [0.717, 1.165) is 5.01 Å². The number of nitrogens with zero attached hydrogens (tertiary/aromatic N) is 1. The molecule has 0 saturated heterocycles. The summed E-state index contributed by atoms with van der Waals surface area (Å²) in [4.78, 5) is 15.1. The zero-order valence-electron chi connectivity index (χ0n) is 7.36. The van der Waals surface area contributed by atoms with Crippen molar-refractivity contribution in [1.29, 1.82) is 0 Å². The van der Waals surface area contributed by atoms with E-state index in [9.17, 15) is 4.79 Å². The highest BCUT2D eigenvalue weighted by atomic mass is 35.5. The minimum Gasteiger partial charge on any atom is -0.461 e. The molecule has 0 fully saturated rings. The summed E-state index contributed by atoms with van der Waals surface area (Å²) in [5.74, 6) is -0.445. The van der Waals surface area contributed by atoms with Crippen molar-refractivity contribution in [1.82, 2.24) is 4.98 Å². The molecule has 0 aliphatic carbocycles. The summed E-state index contributed by atoms with van der Waals surface area (Å²) in [6.45, 7) is 3.88. The highest BCUT2D eigenvalue weighted by Crippen LogP contribution is 2.20. The van der Waals surface area contributed by atoms with Crippen molar-refractivity contribution in [3.63, 3.8) is 0 Å². The molecular formula is C7H11ClN2O2S. The maximum Gasteiger partial charge on any atom is 0.360 e. The lowest BCUT2D eigenvalue weighted by atomic mass is 10.5. The number of esters is 1. The number of rotatable bonds is 2. The topological polar surface area (TPSA) is 65.2 Å². The summed E-state index contributed by atoms with van der Waals surface area (Å²) < 4.78 is 4.75. The molecule has 4 nitrogen and oxygen atoms in total. The van der Waals surface area contributed by atoms with E-state index in [1.807, 2.05) is 0 Å². The van der Waals surface area contributed by atoms with E-state index in [1.54, 1.807) is 13.8 Å². The largest absolute Gasteiger partial charge is 0.461 e. The maximum absolute atomic E-state index is 11.1. The molecule has 0 aliphatic rings. The van der Waals surface area contributed by atoms with E-state index < -0.39 is 5.97 Å². The average molecular weight is 223 g/mol. The van der Waals surface area contributed by atoms with Gasteiger partial charge in [-0.1, -0.05) is 0 Å². The maximum atomic E-state index is 11.1. The van der Waals surface area contributed by atoms with Crippen LogP contribution in [-0.2, 0) is 4.74 Å². The summed E-state index contributed by atoms with van der Waals surface area (Å²) in [6, 6.07) is 0. The first-order valence-electron chi connectivity index (χ1n) is 3.55. The van der Waals surface area contributed by atoms with Gasteiger partial charge in [0.1, 0.15) is 5.00 Å². The summed E-state index contributed by atoms with van der Waals surface area (Å²) in [6.07, 6.45) is 0. The van der Waals surface area contributed by atoms with Crippen LogP contribution in [-0.4, -0.2) is 17.6 Å². The number of hydrogen-bond donors (Lipinski definition) is 1. The second-order valence-electron chi connectivity index (χ2n) is 2.17. The molecule has 0 aromatic carbocycles. The van der Waals surface area contributed by atoms with Crippen molar-refractivity contribution in [3.05, 3.63) is 10.7 Å². The number of nitrogen functional groups attached to an aromatic ring is 1. The molecule has 0 saturated carbocycles. The predicted octanol–water partition coefficient (Wildman–Crippen LogP) is 1.63. The standard InChI is InChI=1S/C7H10N2O2S.ClH/c1-3-11-7(10)5-6(8)12-4(2)9-5;/h3,8H2,1-2H3;1H. The van der Waals surface area contributed by atoms with Gasteiger partial charge in [-0.3, -0.25) is 0 Å². The molecule has 1 aromatic rings. The summed E-state index contributed by atoms with van der Waals surface area (Å²) >= 11 is 1.29. The Hall–Kier alpha value is -0.810. The molecule has 1 rings (SSSR count). The third-order valence-corrected chi connectivity index (χ3v) is 2.03. The van der Waals surface area contributed by atoms with Crippen molar-refractivity contribution in [2.45, 2.75) is 13.8 Å². The molecule has 0 spiro atoms. The van der Waals surface area contributed by atoms with Crippen LogP contribution in [0.15, 0.2) is 0 Å². The molecule has 1 heterocycles. The van der Waals surface area contributed by atoms with E-state index in [0.29, 0.717) is 11.6 Å². The first kappa shape index (κ1) is 12.2. The minimum absolute atomic E-state index is 0. The van der Waals surface area contributed by atoms with Crippen LogP contribution >= 0.6 is 23.7 Å². The number of anilines is 1. The van der Waals surface area contributed by atoms with Gasteiger partial charge in [-0.25, -0.2) is 9.78 Å². The van der Waals surface area contributed by atoms with Gasteiger partial charge >= 0.3 is 5.97 Å². The van der Waals surface area contributed by atoms with Gasteiger partial charge in [-0.2, -0.15) is 0 Å². The van der Waals surface area contributed by atoms with Gasteiger partial charge < -0.3 is 10.5 Å². The van der Waals surface area contributed by atoms with Crippen molar-refractivity contribution in [3.8, 4) is 0 Å². The third kappa shape index (κ3) is 2.86. The molecule has 0 unspecified atom stereocenters. The van der Waals surface area contributed by atoms with Crippen LogP contribution < -0.4 is 5.73 Å². The fraction of sp³-hybridized carbons (Fsp3) is 0.429. The van der Waals surface area contributed by atoms with Crippen LogP contribution in [0.3, 0.4) is 0 Å². The highest BCUT2D eigenvalue weighted by molar-refractivity contribution is 7.15. The van der Waals surface area contributed by atoms with Gasteiger partial charge in [0.15, 0.2) is 5.69 Å². The van der Waals surface area contributed by atoms with E-state index in [4.69, 9.17) is 10.5 Å². The predicted molar refractivity (Wildman–Crippen MR) is 54.5 cm³/mol. The molecule has 74 valence electrons. The second-order valence-corrected chi connectivity index (χ2v) is 3.40. The second kappa shape index (κ2) is 5.04. The van der Waals surface area contributed by atoms with Crippen molar-refractivity contribution in [2.75, 3.05) is 12.3 Å². The van der Waals surface area contributed by atoms with Gasteiger partial charge in [0.2, 0.25) is 0 Å². The molecule has 13 heavy (non-hydrogen) atoms. The van der Waals surface area contributed by atoms with E-state index >= 15 is 0 Å². The van der Waals surface area contributed by atoms with Crippen molar-refractivity contribution >= 4 is 34.7 Å². The Balaban J connectivity index is 0.00000144. The van der Waals surface area contributed by atoms with Gasteiger partial charge in [0.25, 0.3) is 0 Å². The van der Waals surface area contributed by atoms with Crippen molar-refractivity contribution in [2.24, 2.45) is 0 Å². The minimum atomic E-state index is -0.445. The first-order valence-corrected chi connectivity index (χ1v) is 4.36. The number of aromatic nitrogens is 1. The smallest absolute Gasteiger partial charge is 0.360 e. The number of aryl methyl sites for hydroxylation is 1. The summed E-state index contributed by atoms with van der Waals surface area (Å²) in [5.41, 5.74) is 5.76. The number of ether oxygens (including phenoxy) is 1. The zero-order chi connectivity index (χ0) is 9.14. The Kier molecular flexibility index (Phi) is 4.72. The van der Waals surface area contributed by atoms with E-state index in [1.165, 1.54) is 11.3 Å². The van der Waals surface area contributed by atoms with Crippen LogP contribution in [0.25, 0.3) is 0 Å². The normalized spacial score (nSPS) is 9.08. The number of thiazole rings is 1. The molecule has 0 radical (unpaired) electrons. The van der Waals surface area contributed by atoms with Gasteiger partial charge in [-0.05, 0) is 13.8 Å². The number of hydrogen-bond acceptors (Lipinski definition) is 5.